The van der Waals surface area contributed by atoms with E-state index < -0.39 is 0 Å². The molecule has 20 heavy (non-hydrogen) atoms. The molecule has 0 bridgehead atoms. The van der Waals surface area contributed by atoms with Gasteiger partial charge in [0.1, 0.15) is 17.3 Å². The summed E-state index contributed by atoms with van der Waals surface area (Å²) in [7, 11) is 3.24. The molecule has 3 nitrogen and oxygen atoms in total. The zero-order valence-corrected chi connectivity index (χ0v) is 11.8. The fourth-order valence-electron chi connectivity index (χ4n) is 1.99. The number of ether oxygens (including phenoxy) is 2. The van der Waals surface area contributed by atoms with E-state index in [1.165, 1.54) is 12.1 Å². The van der Waals surface area contributed by atoms with Gasteiger partial charge in [-0.15, -0.1) is 0 Å². The van der Waals surface area contributed by atoms with Crippen LogP contribution < -0.4 is 14.8 Å². The summed E-state index contributed by atoms with van der Waals surface area (Å²) in [4.78, 5) is 0. The minimum Gasteiger partial charge on any atom is -0.497 e. The lowest BCUT2D eigenvalue weighted by Crippen LogP contribution is -2.07. The minimum atomic E-state index is -0.236. The summed E-state index contributed by atoms with van der Waals surface area (Å²) in [6, 6.07) is 12.0. The molecule has 0 saturated carbocycles. The van der Waals surface area contributed by atoms with Crippen LogP contribution in [0.2, 0.25) is 0 Å². The van der Waals surface area contributed by atoms with Crippen molar-refractivity contribution in [2.24, 2.45) is 0 Å². The molecule has 0 spiro atoms. The van der Waals surface area contributed by atoms with Crippen molar-refractivity contribution in [1.29, 1.82) is 0 Å². The van der Waals surface area contributed by atoms with E-state index in [-0.39, 0.29) is 11.9 Å². The molecule has 0 radical (unpaired) electrons. The lowest BCUT2D eigenvalue weighted by atomic mass is 10.1. The largest absolute Gasteiger partial charge is 0.497 e. The zero-order chi connectivity index (χ0) is 14.5. The minimum absolute atomic E-state index is 0.0246. The molecule has 0 aliphatic carbocycles. The molecule has 0 fully saturated rings. The number of methoxy groups -OCH3 is 2. The monoisotopic (exact) mass is 275 g/mol. The van der Waals surface area contributed by atoms with Gasteiger partial charge in [0.25, 0.3) is 0 Å². The Morgan fingerprint density at radius 3 is 2.30 bits per heavy atom. The predicted octanol–water partition coefficient (Wildman–Crippen LogP) is 4.02. The standard InChI is InChI=1S/C16H18FNO2/c1-11(12-4-6-13(17)7-5-12)18-15-10-14(19-2)8-9-16(15)20-3/h4-11,18H,1-3H3. The van der Waals surface area contributed by atoms with E-state index in [1.54, 1.807) is 26.4 Å². The Morgan fingerprint density at radius 1 is 1.00 bits per heavy atom. The van der Waals surface area contributed by atoms with Crippen molar-refractivity contribution in [3.8, 4) is 11.5 Å². The predicted molar refractivity (Wildman–Crippen MR) is 78.0 cm³/mol. The molecule has 0 heterocycles. The number of nitrogens with one attached hydrogen (secondary N) is 1. The summed E-state index contributed by atoms with van der Waals surface area (Å²) in [6.45, 7) is 2.01. The maximum Gasteiger partial charge on any atom is 0.142 e. The van der Waals surface area contributed by atoms with Crippen molar-refractivity contribution >= 4 is 5.69 Å². The van der Waals surface area contributed by atoms with E-state index >= 15 is 0 Å². The molecule has 1 unspecified atom stereocenters. The van der Waals surface area contributed by atoms with Gasteiger partial charge >= 0.3 is 0 Å². The summed E-state index contributed by atoms with van der Waals surface area (Å²) in [5.41, 5.74) is 1.83. The second-order valence-corrected chi connectivity index (χ2v) is 4.48. The number of rotatable bonds is 5. The normalized spacial score (nSPS) is 11.8. The van der Waals surface area contributed by atoms with Crippen LogP contribution in [-0.4, -0.2) is 14.2 Å². The molecule has 1 atom stereocenters. The molecule has 2 rings (SSSR count). The van der Waals surface area contributed by atoms with Crippen molar-refractivity contribution in [3.63, 3.8) is 0 Å². The van der Waals surface area contributed by atoms with E-state index in [0.29, 0.717) is 0 Å². The second kappa shape index (κ2) is 6.28. The summed E-state index contributed by atoms with van der Waals surface area (Å²) < 4.78 is 23.5. The topological polar surface area (TPSA) is 30.5 Å². The van der Waals surface area contributed by atoms with E-state index in [1.807, 2.05) is 25.1 Å². The van der Waals surface area contributed by atoms with Crippen molar-refractivity contribution in [2.45, 2.75) is 13.0 Å². The molecule has 2 aromatic rings. The first-order chi connectivity index (χ1) is 9.63. The smallest absolute Gasteiger partial charge is 0.142 e. The van der Waals surface area contributed by atoms with E-state index in [2.05, 4.69) is 5.32 Å². The molecule has 0 aromatic heterocycles. The fourth-order valence-corrected chi connectivity index (χ4v) is 1.99. The van der Waals surface area contributed by atoms with Gasteiger partial charge in [0, 0.05) is 12.1 Å². The highest BCUT2D eigenvalue weighted by atomic mass is 19.1. The van der Waals surface area contributed by atoms with Crippen LogP contribution in [0.4, 0.5) is 10.1 Å². The van der Waals surface area contributed by atoms with Crippen molar-refractivity contribution in [2.75, 3.05) is 19.5 Å². The van der Waals surface area contributed by atoms with Gasteiger partial charge < -0.3 is 14.8 Å². The third-order valence-corrected chi connectivity index (χ3v) is 3.15. The van der Waals surface area contributed by atoms with Gasteiger partial charge in [-0.05, 0) is 36.8 Å². The molecule has 4 heteroatoms. The highest BCUT2D eigenvalue weighted by Crippen LogP contribution is 2.31. The molecule has 0 amide bonds. The lowest BCUT2D eigenvalue weighted by molar-refractivity contribution is 0.404. The Kier molecular flexibility index (Phi) is 4.45. The summed E-state index contributed by atoms with van der Waals surface area (Å²) >= 11 is 0. The van der Waals surface area contributed by atoms with Gasteiger partial charge in [-0.1, -0.05) is 12.1 Å². The highest BCUT2D eigenvalue weighted by Gasteiger charge is 2.10. The van der Waals surface area contributed by atoms with Gasteiger partial charge in [0.15, 0.2) is 0 Å². The molecule has 2 aromatic carbocycles. The first-order valence-corrected chi connectivity index (χ1v) is 6.38. The Labute approximate surface area is 118 Å². The van der Waals surface area contributed by atoms with Crippen LogP contribution >= 0.6 is 0 Å². The summed E-state index contributed by atoms with van der Waals surface area (Å²) in [5, 5.41) is 3.34. The van der Waals surface area contributed by atoms with Crippen LogP contribution in [0.25, 0.3) is 0 Å². The summed E-state index contributed by atoms with van der Waals surface area (Å²) in [6.07, 6.45) is 0. The zero-order valence-electron chi connectivity index (χ0n) is 11.8. The first-order valence-electron chi connectivity index (χ1n) is 6.38. The van der Waals surface area contributed by atoms with E-state index in [9.17, 15) is 4.39 Å². The average molecular weight is 275 g/mol. The molecular formula is C16H18FNO2. The quantitative estimate of drug-likeness (QED) is 0.894. The lowest BCUT2D eigenvalue weighted by Gasteiger charge is -2.18. The summed E-state index contributed by atoms with van der Waals surface area (Å²) in [5.74, 6) is 1.25. The number of halogens is 1. The van der Waals surface area contributed by atoms with Crippen LogP contribution in [0, 0.1) is 5.82 Å². The SMILES string of the molecule is COc1ccc(OC)c(NC(C)c2ccc(F)cc2)c1. The van der Waals surface area contributed by atoms with Gasteiger partial charge in [-0.2, -0.15) is 0 Å². The third-order valence-electron chi connectivity index (χ3n) is 3.15. The van der Waals surface area contributed by atoms with Crippen molar-refractivity contribution in [3.05, 3.63) is 53.8 Å². The van der Waals surface area contributed by atoms with Crippen LogP contribution in [0.1, 0.15) is 18.5 Å². The highest BCUT2D eigenvalue weighted by molar-refractivity contribution is 5.60. The Hall–Kier alpha value is -2.23. The molecule has 0 aliphatic rings. The molecule has 106 valence electrons. The van der Waals surface area contributed by atoms with Crippen LogP contribution in [0.5, 0.6) is 11.5 Å². The van der Waals surface area contributed by atoms with Crippen LogP contribution in [-0.2, 0) is 0 Å². The van der Waals surface area contributed by atoms with Crippen molar-refractivity contribution in [1.82, 2.24) is 0 Å². The maximum absolute atomic E-state index is 12.9. The van der Waals surface area contributed by atoms with E-state index in [0.717, 1.165) is 22.7 Å². The van der Waals surface area contributed by atoms with E-state index in [4.69, 9.17) is 9.47 Å². The Bertz CT molecular complexity index is 569. The third kappa shape index (κ3) is 3.20. The number of anilines is 1. The second-order valence-electron chi connectivity index (χ2n) is 4.48. The molecule has 1 N–H and O–H groups in total. The fraction of sp³-hybridized carbons (Fsp3) is 0.250. The number of hydrogen-bond donors (Lipinski definition) is 1. The Morgan fingerprint density at radius 2 is 1.70 bits per heavy atom. The van der Waals surface area contributed by atoms with Crippen LogP contribution in [0.3, 0.4) is 0 Å². The van der Waals surface area contributed by atoms with Gasteiger partial charge in [-0.25, -0.2) is 4.39 Å². The van der Waals surface area contributed by atoms with Gasteiger partial charge in [-0.3, -0.25) is 0 Å². The van der Waals surface area contributed by atoms with Crippen molar-refractivity contribution < 1.29 is 13.9 Å². The number of benzene rings is 2. The molecule has 0 aliphatic heterocycles. The van der Waals surface area contributed by atoms with Gasteiger partial charge in [0.2, 0.25) is 0 Å². The average Bonchev–Trinajstić information content (AvgIpc) is 2.47. The first kappa shape index (κ1) is 14.2. The Balaban J connectivity index is 2.21. The van der Waals surface area contributed by atoms with Crippen LogP contribution in [0.15, 0.2) is 42.5 Å². The molecule has 0 saturated heterocycles. The number of hydrogen-bond acceptors (Lipinski definition) is 3. The maximum atomic E-state index is 12.9. The molecular weight excluding hydrogens is 257 g/mol. The van der Waals surface area contributed by atoms with Gasteiger partial charge in [0.05, 0.1) is 19.9 Å².